The minimum atomic E-state index is -0.107. The molecule has 0 amide bonds. The summed E-state index contributed by atoms with van der Waals surface area (Å²) in [5.41, 5.74) is 1.18. The molecule has 0 bridgehead atoms. The number of rotatable bonds is 2. The molecule has 1 aromatic carbocycles. The Balaban J connectivity index is 1.77. The van der Waals surface area contributed by atoms with Gasteiger partial charge < -0.3 is 5.32 Å². The third-order valence-corrected chi connectivity index (χ3v) is 5.66. The van der Waals surface area contributed by atoms with Gasteiger partial charge in [0.05, 0.1) is 0 Å². The van der Waals surface area contributed by atoms with Gasteiger partial charge in [0.15, 0.2) is 0 Å². The Morgan fingerprint density at radius 2 is 2.05 bits per heavy atom. The number of hydrogen-bond acceptors (Lipinski definition) is 2. The molecule has 1 aliphatic heterocycles. The predicted molar refractivity (Wildman–Crippen MR) is 79.0 cm³/mol. The highest BCUT2D eigenvalue weighted by molar-refractivity contribution is 7.99. The molecule has 1 fully saturated rings. The van der Waals surface area contributed by atoms with Gasteiger partial charge in [-0.15, -0.1) is 11.8 Å². The fourth-order valence-corrected chi connectivity index (χ4v) is 4.47. The molecular formula is C16H22FNS. The molecule has 3 atom stereocenters. The molecule has 0 aromatic heterocycles. The van der Waals surface area contributed by atoms with Gasteiger partial charge in [0, 0.05) is 17.0 Å². The quantitative estimate of drug-likeness (QED) is 0.853. The average Bonchev–Trinajstić information content (AvgIpc) is 2.42. The van der Waals surface area contributed by atoms with E-state index in [9.17, 15) is 4.39 Å². The van der Waals surface area contributed by atoms with E-state index in [1.54, 1.807) is 12.1 Å². The molecule has 3 rings (SSSR count). The Kier molecular flexibility index (Phi) is 4.13. The van der Waals surface area contributed by atoms with Crippen LogP contribution in [0.3, 0.4) is 0 Å². The van der Waals surface area contributed by atoms with Crippen molar-refractivity contribution in [3.8, 4) is 0 Å². The summed E-state index contributed by atoms with van der Waals surface area (Å²) in [6.45, 7) is 2.35. The van der Waals surface area contributed by atoms with Crippen LogP contribution in [-0.4, -0.2) is 11.8 Å². The van der Waals surface area contributed by atoms with Gasteiger partial charge in [-0.05, 0) is 54.7 Å². The first kappa shape index (κ1) is 13.4. The molecule has 1 saturated carbocycles. The third-order valence-electron chi connectivity index (χ3n) is 4.54. The van der Waals surface area contributed by atoms with E-state index in [0.29, 0.717) is 12.1 Å². The molecule has 1 heterocycles. The van der Waals surface area contributed by atoms with Crippen LogP contribution >= 0.6 is 11.8 Å². The normalized spacial score (nSPS) is 30.9. The second-order valence-corrected chi connectivity index (χ2v) is 7.04. The second-order valence-electron chi connectivity index (χ2n) is 5.91. The molecule has 1 N–H and O–H groups in total. The second kappa shape index (κ2) is 5.84. The smallest absolute Gasteiger partial charge is 0.123 e. The van der Waals surface area contributed by atoms with Crippen LogP contribution < -0.4 is 5.32 Å². The number of halogens is 1. The van der Waals surface area contributed by atoms with E-state index >= 15 is 0 Å². The van der Waals surface area contributed by atoms with Crippen LogP contribution in [0, 0.1) is 11.7 Å². The third kappa shape index (κ3) is 2.97. The molecular weight excluding hydrogens is 257 g/mol. The van der Waals surface area contributed by atoms with Crippen LogP contribution in [0.5, 0.6) is 0 Å². The first-order chi connectivity index (χ1) is 9.24. The van der Waals surface area contributed by atoms with Crippen molar-refractivity contribution in [3.05, 3.63) is 29.6 Å². The number of nitrogens with one attached hydrogen (secondary N) is 1. The Hall–Kier alpha value is -0.540. The van der Waals surface area contributed by atoms with Crippen molar-refractivity contribution < 1.29 is 4.39 Å². The first-order valence-electron chi connectivity index (χ1n) is 7.42. The maximum atomic E-state index is 13.5. The van der Waals surface area contributed by atoms with Gasteiger partial charge in [0.2, 0.25) is 0 Å². The van der Waals surface area contributed by atoms with Gasteiger partial charge >= 0.3 is 0 Å². The summed E-state index contributed by atoms with van der Waals surface area (Å²) in [5, 5.41) is 3.81. The zero-order chi connectivity index (χ0) is 13.2. The summed E-state index contributed by atoms with van der Waals surface area (Å²) in [6.07, 6.45) is 6.42. The van der Waals surface area contributed by atoms with E-state index in [1.807, 2.05) is 17.8 Å². The van der Waals surface area contributed by atoms with E-state index < -0.39 is 0 Å². The van der Waals surface area contributed by atoms with Crippen LogP contribution in [0.4, 0.5) is 4.39 Å². The topological polar surface area (TPSA) is 12.0 Å². The van der Waals surface area contributed by atoms with E-state index in [2.05, 4.69) is 12.2 Å². The summed E-state index contributed by atoms with van der Waals surface area (Å²) in [6, 6.07) is 6.20. The van der Waals surface area contributed by atoms with E-state index in [4.69, 9.17) is 0 Å². The first-order valence-corrected chi connectivity index (χ1v) is 8.41. The monoisotopic (exact) mass is 279 g/mol. The molecule has 104 valence electrons. The summed E-state index contributed by atoms with van der Waals surface area (Å²) < 4.78 is 13.5. The highest BCUT2D eigenvalue weighted by Crippen LogP contribution is 2.38. The largest absolute Gasteiger partial charge is 0.307 e. The van der Waals surface area contributed by atoms with Gasteiger partial charge in [-0.25, -0.2) is 4.39 Å². The highest BCUT2D eigenvalue weighted by atomic mass is 32.2. The van der Waals surface area contributed by atoms with Crippen molar-refractivity contribution in [3.63, 3.8) is 0 Å². The molecule has 1 aromatic rings. The van der Waals surface area contributed by atoms with Crippen molar-refractivity contribution >= 4 is 11.8 Å². The Bertz CT molecular complexity index is 448. The van der Waals surface area contributed by atoms with Gasteiger partial charge in [-0.2, -0.15) is 0 Å². The standard InChI is InChI=1S/C16H22FNS/c1-11-4-2-3-5-14(11)18-15-8-9-19-16-7-6-12(17)10-13(15)16/h6-7,10-11,14-15,18H,2-5,8-9H2,1H3. The fraction of sp³-hybridized carbons (Fsp3) is 0.625. The molecule has 2 aliphatic rings. The molecule has 0 spiro atoms. The van der Waals surface area contributed by atoms with Crippen molar-refractivity contribution in [2.45, 2.75) is 56.0 Å². The number of hydrogen-bond donors (Lipinski definition) is 1. The number of thioether (sulfide) groups is 1. The van der Waals surface area contributed by atoms with Gasteiger partial charge in [0.25, 0.3) is 0 Å². The summed E-state index contributed by atoms with van der Waals surface area (Å²) in [5.74, 6) is 1.78. The van der Waals surface area contributed by atoms with Crippen LogP contribution in [-0.2, 0) is 0 Å². The van der Waals surface area contributed by atoms with E-state index in [0.717, 1.165) is 18.1 Å². The van der Waals surface area contributed by atoms with E-state index in [1.165, 1.54) is 36.1 Å². The minimum absolute atomic E-state index is 0.107. The molecule has 1 nitrogen and oxygen atoms in total. The maximum absolute atomic E-state index is 13.5. The zero-order valence-corrected chi connectivity index (χ0v) is 12.3. The molecule has 19 heavy (non-hydrogen) atoms. The van der Waals surface area contributed by atoms with Crippen LogP contribution in [0.15, 0.2) is 23.1 Å². The average molecular weight is 279 g/mol. The van der Waals surface area contributed by atoms with Crippen LogP contribution in [0.2, 0.25) is 0 Å². The molecule has 0 saturated heterocycles. The van der Waals surface area contributed by atoms with Gasteiger partial charge in [-0.3, -0.25) is 0 Å². The SMILES string of the molecule is CC1CCCCC1NC1CCSc2ccc(F)cc21. The lowest BCUT2D eigenvalue weighted by Crippen LogP contribution is -2.40. The summed E-state index contributed by atoms with van der Waals surface area (Å²) in [4.78, 5) is 1.26. The molecule has 1 aliphatic carbocycles. The Morgan fingerprint density at radius 1 is 1.21 bits per heavy atom. The van der Waals surface area contributed by atoms with Gasteiger partial charge in [0.1, 0.15) is 5.82 Å². The lowest BCUT2D eigenvalue weighted by Gasteiger charge is -2.35. The lowest BCUT2D eigenvalue weighted by molar-refractivity contribution is 0.255. The zero-order valence-electron chi connectivity index (χ0n) is 11.5. The van der Waals surface area contributed by atoms with Crippen molar-refractivity contribution in [2.75, 3.05) is 5.75 Å². The Morgan fingerprint density at radius 3 is 2.89 bits per heavy atom. The highest BCUT2D eigenvalue weighted by Gasteiger charge is 2.27. The molecule has 3 unspecified atom stereocenters. The van der Waals surface area contributed by atoms with Gasteiger partial charge in [-0.1, -0.05) is 19.8 Å². The van der Waals surface area contributed by atoms with Crippen LogP contribution in [0.1, 0.15) is 50.6 Å². The fourth-order valence-electron chi connectivity index (χ4n) is 3.36. The van der Waals surface area contributed by atoms with Crippen molar-refractivity contribution in [2.24, 2.45) is 5.92 Å². The summed E-state index contributed by atoms with van der Waals surface area (Å²) in [7, 11) is 0. The number of fused-ring (bicyclic) bond motifs is 1. The van der Waals surface area contributed by atoms with E-state index in [-0.39, 0.29) is 5.82 Å². The van der Waals surface area contributed by atoms with Crippen molar-refractivity contribution in [1.82, 2.24) is 5.32 Å². The van der Waals surface area contributed by atoms with Crippen molar-refractivity contribution in [1.29, 1.82) is 0 Å². The Labute approximate surface area is 119 Å². The summed E-state index contributed by atoms with van der Waals surface area (Å²) >= 11 is 1.86. The predicted octanol–water partition coefficient (Wildman–Crippen LogP) is 4.53. The number of benzene rings is 1. The minimum Gasteiger partial charge on any atom is -0.307 e. The molecule has 3 heteroatoms. The maximum Gasteiger partial charge on any atom is 0.123 e. The lowest BCUT2D eigenvalue weighted by atomic mass is 9.85. The molecule has 0 radical (unpaired) electrons. The van der Waals surface area contributed by atoms with Crippen LogP contribution in [0.25, 0.3) is 0 Å².